The smallest absolute Gasteiger partial charge is 0.347 e. The van der Waals surface area contributed by atoms with Gasteiger partial charge in [-0.1, -0.05) is 0 Å². The van der Waals surface area contributed by atoms with E-state index >= 15 is 0 Å². The lowest BCUT2D eigenvalue weighted by molar-refractivity contribution is 0.925. The van der Waals surface area contributed by atoms with Crippen molar-refractivity contribution in [3.05, 3.63) is 22.9 Å². The van der Waals surface area contributed by atoms with Crippen LogP contribution in [0.5, 0.6) is 0 Å². The van der Waals surface area contributed by atoms with Crippen molar-refractivity contribution in [2.24, 2.45) is 0 Å². The van der Waals surface area contributed by atoms with Crippen LogP contribution in [0.3, 0.4) is 0 Å². The van der Waals surface area contributed by atoms with Crippen molar-refractivity contribution in [2.45, 2.75) is 12.8 Å². The Morgan fingerprint density at radius 3 is 2.93 bits per heavy atom. The van der Waals surface area contributed by atoms with Crippen molar-refractivity contribution < 1.29 is 0 Å². The number of rotatable bonds is 1. The predicted octanol–water partition coefficient (Wildman–Crippen LogP) is 0.0178. The normalized spacial score (nSPS) is 16.4. The molecule has 0 spiro atoms. The van der Waals surface area contributed by atoms with E-state index in [2.05, 4.69) is 20.1 Å². The fourth-order valence-corrected chi connectivity index (χ4v) is 1.98. The van der Waals surface area contributed by atoms with E-state index in [0.29, 0.717) is 5.65 Å². The second kappa shape index (κ2) is 3.08. The van der Waals surface area contributed by atoms with Crippen LogP contribution in [-0.2, 0) is 0 Å². The lowest BCUT2D eigenvalue weighted by atomic mass is 10.4. The summed E-state index contributed by atoms with van der Waals surface area (Å²) < 4.78 is 1.49. The van der Waals surface area contributed by atoms with Crippen LogP contribution < -0.4 is 10.6 Å². The molecule has 1 aliphatic heterocycles. The standard InChI is InChI=1S/C9H11N5O/c15-9-12-11-8-7(10-3-6-14(8)9)13-4-1-2-5-13/h3,6H,1-2,4-5H2,(H,12,15). The van der Waals surface area contributed by atoms with Crippen LogP contribution in [0.15, 0.2) is 17.2 Å². The Bertz CT molecular complexity index is 537. The van der Waals surface area contributed by atoms with Crippen LogP contribution >= 0.6 is 0 Å². The Hall–Kier alpha value is -1.85. The molecule has 0 aromatic carbocycles. The Morgan fingerprint density at radius 1 is 1.33 bits per heavy atom. The van der Waals surface area contributed by atoms with Gasteiger partial charge in [-0.25, -0.2) is 19.3 Å². The van der Waals surface area contributed by atoms with Crippen molar-refractivity contribution in [2.75, 3.05) is 18.0 Å². The number of nitrogens with zero attached hydrogens (tertiary/aromatic N) is 4. The lowest BCUT2D eigenvalue weighted by Crippen LogP contribution is -2.20. The van der Waals surface area contributed by atoms with E-state index < -0.39 is 0 Å². The van der Waals surface area contributed by atoms with Crippen molar-refractivity contribution in [1.29, 1.82) is 0 Å². The minimum absolute atomic E-state index is 0.215. The van der Waals surface area contributed by atoms with Gasteiger partial charge in [-0.05, 0) is 12.8 Å². The summed E-state index contributed by atoms with van der Waals surface area (Å²) in [6.07, 6.45) is 5.62. The minimum Gasteiger partial charge on any atom is -0.353 e. The summed E-state index contributed by atoms with van der Waals surface area (Å²) in [7, 11) is 0. The second-order valence-electron chi connectivity index (χ2n) is 3.67. The maximum atomic E-state index is 11.3. The van der Waals surface area contributed by atoms with E-state index in [0.717, 1.165) is 18.9 Å². The fourth-order valence-electron chi connectivity index (χ4n) is 1.98. The van der Waals surface area contributed by atoms with Crippen LogP contribution in [-0.4, -0.2) is 32.7 Å². The first-order chi connectivity index (χ1) is 7.36. The molecule has 1 saturated heterocycles. The summed E-state index contributed by atoms with van der Waals surface area (Å²) in [6, 6.07) is 0. The first kappa shape index (κ1) is 8.46. The number of fused-ring (bicyclic) bond motifs is 1. The molecule has 2 aromatic rings. The summed E-state index contributed by atoms with van der Waals surface area (Å²) in [5.41, 5.74) is 0.400. The van der Waals surface area contributed by atoms with Crippen molar-refractivity contribution in [3.63, 3.8) is 0 Å². The van der Waals surface area contributed by atoms with E-state index in [1.54, 1.807) is 12.4 Å². The van der Waals surface area contributed by atoms with Gasteiger partial charge in [-0.2, -0.15) is 0 Å². The van der Waals surface area contributed by atoms with Gasteiger partial charge in [0.15, 0.2) is 5.82 Å². The Kier molecular flexibility index (Phi) is 1.74. The predicted molar refractivity (Wildman–Crippen MR) is 55.1 cm³/mol. The van der Waals surface area contributed by atoms with Gasteiger partial charge in [0.25, 0.3) is 0 Å². The summed E-state index contributed by atoms with van der Waals surface area (Å²) in [4.78, 5) is 17.8. The Balaban J connectivity index is 2.21. The molecule has 0 amide bonds. The van der Waals surface area contributed by atoms with E-state index in [4.69, 9.17) is 0 Å². The summed E-state index contributed by atoms with van der Waals surface area (Å²) in [5.74, 6) is 0.799. The average Bonchev–Trinajstić information content (AvgIpc) is 2.88. The van der Waals surface area contributed by atoms with E-state index in [9.17, 15) is 4.79 Å². The van der Waals surface area contributed by atoms with E-state index in [-0.39, 0.29) is 5.69 Å². The zero-order valence-corrected chi connectivity index (χ0v) is 8.18. The molecule has 1 fully saturated rings. The van der Waals surface area contributed by atoms with Gasteiger partial charge in [-0.15, -0.1) is 5.10 Å². The highest BCUT2D eigenvalue weighted by molar-refractivity contribution is 5.63. The number of hydrogen-bond donors (Lipinski definition) is 1. The van der Waals surface area contributed by atoms with Gasteiger partial charge in [-0.3, -0.25) is 0 Å². The van der Waals surface area contributed by atoms with E-state index in [1.165, 1.54) is 17.2 Å². The Morgan fingerprint density at radius 2 is 2.13 bits per heavy atom. The molecule has 0 unspecified atom stereocenters. The molecule has 0 bridgehead atoms. The molecule has 0 radical (unpaired) electrons. The number of H-pyrrole nitrogens is 1. The van der Waals surface area contributed by atoms with Crippen LogP contribution in [0, 0.1) is 0 Å². The zero-order valence-electron chi connectivity index (χ0n) is 8.18. The van der Waals surface area contributed by atoms with Gasteiger partial charge < -0.3 is 4.90 Å². The quantitative estimate of drug-likeness (QED) is 0.712. The summed E-state index contributed by atoms with van der Waals surface area (Å²) >= 11 is 0. The van der Waals surface area contributed by atoms with Crippen LogP contribution in [0.1, 0.15) is 12.8 Å². The minimum atomic E-state index is -0.215. The number of aromatic nitrogens is 4. The number of anilines is 1. The molecule has 1 N–H and O–H groups in total. The van der Waals surface area contributed by atoms with Crippen molar-refractivity contribution >= 4 is 11.5 Å². The molecular formula is C9H11N5O. The molecule has 0 saturated carbocycles. The molecule has 78 valence electrons. The first-order valence-electron chi connectivity index (χ1n) is 5.03. The monoisotopic (exact) mass is 205 g/mol. The third kappa shape index (κ3) is 1.21. The number of nitrogens with one attached hydrogen (secondary N) is 1. The molecular weight excluding hydrogens is 194 g/mol. The van der Waals surface area contributed by atoms with Crippen molar-refractivity contribution in [3.8, 4) is 0 Å². The maximum absolute atomic E-state index is 11.3. The van der Waals surface area contributed by atoms with Gasteiger partial charge in [0.2, 0.25) is 5.65 Å². The van der Waals surface area contributed by atoms with Gasteiger partial charge in [0, 0.05) is 25.5 Å². The lowest BCUT2D eigenvalue weighted by Gasteiger charge is -2.15. The molecule has 2 aromatic heterocycles. The van der Waals surface area contributed by atoms with Crippen LogP contribution in [0.4, 0.5) is 5.82 Å². The topological polar surface area (TPSA) is 66.3 Å². The molecule has 3 rings (SSSR count). The Labute approximate surface area is 85.6 Å². The first-order valence-corrected chi connectivity index (χ1v) is 5.03. The molecule has 6 nitrogen and oxygen atoms in total. The SMILES string of the molecule is O=c1[nH]nc2c(N3CCCC3)nccn12. The molecule has 1 aliphatic rings. The van der Waals surface area contributed by atoms with Gasteiger partial charge in [0.1, 0.15) is 0 Å². The summed E-state index contributed by atoms with van der Waals surface area (Å²) in [6.45, 7) is 1.99. The highest BCUT2D eigenvalue weighted by Crippen LogP contribution is 2.19. The number of aromatic amines is 1. The fraction of sp³-hybridized carbons (Fsp3) is 0.444. The second-order valence-corrected chi connectivity index (χ2v) is 3.67. The zero-order chi connectivity index (χ0) is 10.3. The van der Waals surface area contributed by atoms with Crippen molar-refractivity contribution in [1.82, 2.24) is 19.6 Å². The highest BCUT2D eigenvalue weighted by atomic mass is 16.1. The van der Waals surface area contributed by atoms with Gasteiger partial charge in [0.05, 0.1) is 0 Å². The average molecular weight is 205 g/mol. The molecule has 6 heteroatoms. The molecule has 15 heavy (non-hydrogen) atoms. The largest absolute Gasteiger partial charge is 0.353 e. The molecule has 3 heterocycles. The maximum Gasteiger partial charge on any atom is 0.347 e. The molecule has 0 atom stereocenters. The highest BCUT2D eigenvalue weighted by Gasteiger charge is 2.17. The van der Waals surface area contributed by atoms with E-state index in [1.807, 2.05) is 0 Å². The number of hydrogen-bond acceptors (Lipinski definition) is 4. The third-order valence-electron chi connectivity index (χ3n) is 2.72. The third-order valence-corrected chi connectivity index (χ3v) is 2.72. The van der Waals surface area contributed by atoms with Crippen LogP contribution in [0.25, 0.3) is 5.65 Å². The summed E-state index contributed by atoms with van der Waals surface area (Å²) in [5, 5.41) is 6.42. The van der Waals surface area contributed by atoms with Crippen LogP contribution in [0.2, 0.25) is 0 Å². The van der Waals surface area contributed by atoms with Gasteiger partial charge >= 0.3 is 5.69 Å². The molecule has 0 aliphatic carbocycles.